The van der Waals surface area contributed by atoms with E-state index in [9.17, 15) is 0 Å². The molecule has 14 heavy (non-hydrogen) atoms. The molecule has 0 saturated heterocycles. The fraction of sp³-hybridized carbons (Fsp3) is 0.182. The van der Waals surface area contributed by atoms with Crippen molar-refractivity contribution in [2.75, 3.05) is 18.1 Å². The quantitative estimate of drug-likeness (QED) is 0.673. The zero-order chi connectivity index (χ0) is 10.1. The molecule has 0 amide bonds. The highest BCUT2D eigenvalue weighted by atomic mass is 15.0. The van der Waals surface area contributed by atoms with Crippen molar-refractivity contribution in [3.05, 3.63) is 30.0 Å². The number of nitrogens with two attached hydrogens (primary N) is 1. The average Bonchev–Trinajstić information content (AvgIpc) is 2.23. The van der Waals surface area contributed by atoms with Crippen LogP contribution < -0.4 is 11.1 Å². The van der Waals surface area contributed by atoms with Crippen molar-refractivity contribution in [3.63, 3.8) is 0 Å². The summed E-state index contributed by atoms with van der Waals surface area (Å²) in [7, 11) is 1.87. The van der Waals surface area contributed by atoms with E-state index in [1.165, 1.54) is 5.56 Å². The summed E-state index contributed by atoms with van der Waals surface area (Å²) in [6, 6.07) is 5.88. The molecule has 0 unspecified atom stereocenters. The minimum atomic E-state index is 0.796. The first-order valence-corrected chi connectivity index (χ1v) is 4.55. The number of benzene rings is 1. The highest BCUT2D eigenvalue weighted by molar-refractivity contribution is 6.01. The third kappa shape index (κ3) is 1.18. The second-order valence-electron chi connectivity index (χ2n) is 3.30. The van der Waals surface area contributed by atoms with Gasteiger partial charge in [-0.2, -0.15) is 0 Å². The molecule has 3 heteroatoms. The highest BCUT2D eigenvalue weighted by Gasteiger charge is 2.05. The molecule has 1 aromatic carbocycles. The Morgan fingerprint density at radius 1 is 1.29 bits per heavy atom. The molecule has 3 N–H and O–H groups in total. The second kappa shape index (κ2) is 3.18. The predicted molar refractivity (Wildman–Crippen MR) is 60.4 cm³/mol. The van der Waals surface area contributed by atoms with Crippen molar-refractivity contribution >= 4 is 22.3 Å². The zero-order valence-corrected chi connectivity index (χ0v) is 8.33. The number of pyridine rings is 1. The van der Waals surface area contributed by atoms with Crippen molar-refractivity contribution in [1.82, 2.24) is 4.98 Å². The van der Waals surface area contributed by atoms with Crippen molar-refractivity contribution in [2.24, 2.45) is 0 Å². The van der Waals surface area contributed by atoms with Crippen LogP contribution in [0, 0.1) is 6.92 Å². The molecule has 0 aliphatic carbocycles. The van der Waals surface area contributed by atoms with Crippen molar-refractivity contribution in [1.29, 1.82) is 0 Å². The van der Waals surface area contributed by atoms with Crippen molar-refractivity contribution in [3.8, 4) is 0 Å². The van der Waals surface area contributed by atoms with Gasteiger partial charge in [-0.25, -0.2) is 4.98 Å². The summed E-state index contributed by atoms with van der Waals surface area (Å²) in [6.07, 6.45) is 1.77. The van der Waals surface area contributed by atoms with Crippen LogP contribution in [0.3, 0.4) is 0 Å². The number of rotatable bonds is 1. The van der Waals surface area contributed by atoms with Crippen LogP contribution in [0.5, 0.6) is 0 Å². The van der Waals surface area contributed by atoms with Gasteiger partial charge in [-0.05, 0) is 24.6 Å². The maximum atomic E-state index is 5.89. The monoisotopic (exact) mass is 187 g/mol. The molecule has 1 heterocycles. The third-order valence-corrected chi connectivity index (χ3v) is 2.41. The van der Waals surface area contributed by atoms with Gasteiger partial charge >= 0.3 is 0 Å². The summed E-state index contributed by atoms with van der Waals surface area (Å²) in [6.45, 7) is 2.06. The molecule has 0 fully saturated rings. The van der Waals surface area contributed by atoms with Crippen LogP contribution in [-0.4, -0.2) is 12.0 Å². The van der Waals surface area contributed by atoms with Crippen LogP contribution in [0.2, 0.25) is 0 Å². The van der Waals surface area contributed by atoms with Gasteiger partial charge in [-0.15, -0.1) is 0 Å². The molecule has 2 aromatic rings. The van der Waals surface area contributed by atoms with Gasteiger partial charge in [0.2, 0.25) is 0 Å². The summed E-state index contributed by atoms with van der Waals surface area (Å²) in [5, 5.41) is 5.24. The molecule has 2 rings (SSSR count). The van der Waals surface area contributed by atoms with Crippen molar-refractivity contribution < 1.29 is 0 Å². The number of hydrogen-bond donors (Lipinski definition) is 2. The summed E-state index contributed by atoms with van der Waals surface area (Å²) in [5.74, 6) is 0.882. The predicted octanol–water partition coefficient (Wildman–Crippen LogP) is 2.17. The molecule has 0 aliphatic rings. The van der Waals surface area contributed by atoms with E-state index in [1.807, 2.05) is 25.2 Å². The molecule has 0 atom stereocenters. The molecule has 3 nitrogen and oxygen atoms in total. The molecule has 0 radical (unpaired) electrons. The number of hydrogen-bond acceptors (Lipinski definition) is 3. The van der Waals surface area contributed by atoms with E-state index < -0.39 is 0 Å². The van der Waals surface area contributed by atoms with E-state index in [4.69, 9.17) is 5.73 Å². The zero-order valence-electron chi connectivity index (χ0n) is 8.33. The fourth-order valence-electron chi connectivity index (χ4n) is 1.68. The van der Waals surface area contributed by atoms with E-state index in [0.717, 1.165) is 22.3 Å². The Bertz CT molecular complexity index is 477. The standard InChI is InChI=1S/C11H13N3/c1-7-3-4-9(12)8-5-6-14-11(13-2)10(7)8/h3-6H,12H2,1-2H3,(H,13,14). The van der Waals surface area contributed by atoms with E-state index in [1.54, 1.807) is 6.20 Å². The summed E-state index contributed by atoms with van der Waals surface area (Å²) in [5.41, 5.74) is 7.88. The second-order valence-corrected chi connectivity index (χ2v) is 3.30. The van der Waals surface area contributed by atoms with Gasteiger partial charge in [-0.1, -0.05) is 6.07 Å². The maximum absolute atomic E-state index is 5.89. The van der Waals surface area contributed by atoms with Crippen LogP contribution in [0.1, 0.15) is 5.56 Å². The van der Waals surface area contributed by atoms with Crippen LogP contribution in [0.25, 0.3) is 10.8 Å². The Kier molecular flexibility index (Phi) is 2.00. The Hall–Kier alpha value is -1.77. The van der Waals surface area contributed by atoms with Crippen LogP contribution in [0.4, 0.5) is 11.5 Å². The highest BCUT2D eigenvalue weighted by Crippen LogP contribution is 2.28. The summed E-state index contributed by atoms with van der Waals surface area (Å²) in [4.78, 5) is 4.26. The summed E-state index contributed by atoms with van der Waals surface area (Å²) < 4.78 is 0. The molecular formula is C11H13N3. The molecular weight excluding hydrogens is 174 g/mol. The number of nitrogens with zero attached hydrogens (tertiary/aromatic N) is 1. The van der Waals surface area contributed by atoms with E-state index in [0.29, 0.717) is 0 Å². The molecule has 0 bridgehead atoms. The lowest BCUT2D eigenvalue weighted by molar-refractivity contribution is 1.31. The van der Waals surface area contributed by atoms with Gasteiger partial charge in [0.1, 0.15) is 5.82 Å². The minimum Gasteiger partial charge on any atom is -0.398 e. The number of nitrogen functional groups attached to an aromatic ring is 1. The largest absolute Gasteiger partial charge is 0.398 e. The van der Waals surface area contributed by atoms with Crippen LogP contribution >= 0.6 is 0 Å². The third-order valence-electron chi connectivity index (χ3n) is 2.41. The summed E-state index contributed by atoms with van der Waals surface area (Å²) >= 11 is 0. The number of aromatic nitrogens is 1. The first kappa shape index (κ1) is 8.81. The lowest BCUT2D eigenvalue weighted by atomic mass is 10.1. The number of nitrogens with one attached hydrogen (secondary N) is 1. The SMILES string of the molecule is CNc1nccc2c(N)ccc(C)c12. The maximum Gasteiger partial charge on any atom is 0.133 e. The molecule has 1 aromatic heterocycles. The number of aryl methyl sites for hydroxylation is 1. The number of fused-ring (bicyclic) bond motifs is 1. The first-order chi connectivity index (χ1) is 6.74. The smallest absolute Gasteiger partial charge is 0.133 e. The lowest BCUT2D eigenvalue weighted by Crippen LogP contribution is -1.96. The van der Waals surface area contributed by atoms with Crippen LogP contribution in [-0.2, 0) is 0 Å². The van der Waals surface area contributed by atoms with E-state index in [2.05, 4.69) is 17.2 Å². The van der Waals surface area contributed by atoms with Gasteiger partial charge in [-0.3, -0.25) is 0 Å². The van der Waals surface area contributed by atoms with Gasteiger partial charge < -0.3 is 11.1 Å². The molecule has 72 valence electrons. The number of anilines is 2. The normalized spacial score (nSPS) is 10.4. The van der Waals surface area contributed by atoms with E-state index in [-0.39, 0.29) is 0 Å². The van der Waals surface area contributed by atoms with Gasteiger partial charge in [0, 0.05) is 29.7 Å². The Morgan fingerprint density at radius 3 is 2.79 bits per heavy atom. The van der Waals surface area contributed by atoms with E-state index >= 15 is 0 Å². The molecule has 0 aliphatic heterocycles. The van der Waals surface area contributed by atoms with Crippen molar-refractivity contribution in [2.45, 2.75) is 6.92 Å². The Balaban J connectivity index is 2.92. The molecule has 0 spiro atoms. The van der Waals surface area contributed by atoms with Gasteiger partial charge in [0.15, 0.2) is 0 Å². The van der Waals surface area contributed by atoms with Crippen LogP contribution in [0.15, 0.2) is 24.4 Å². The van der Waals surface area contributed by atoms with Gasteiger partial charge in [0.25, 0.3) is 0 Å². The first-order valence-electron chi connectivity index (χ1n) is 4.55. The molecule has 0 saturated carbocycles. The topological polar surface area (TPSA) is 50.9 Å². The fourth-order valence-corrected chi connectivity index (χ4v) is 1.68. The Labute approximate surface area is 83.0 Å². The average molecular weight is 187 g/mol. The Morgan fingerprint density at radius 2 is 2.07 bits per heavy atom. The van der Waals surface area contributed by atoms with Gasteiger partial charge in [0.05, 0.1) is 0 Å². The minimum absolute atomic E-state index is 0.796. The lowest BCUT2D eigenvalue weighted by Gasteiger charge is -2.09.